The van der Waals surface area contributed by atoms with Crippen molar-refractivity contribution in [3.63, 3.8) is 0 Å². The maximum absolute atomic E-state index is 6.16. The predicted molar refractivity (Wildman–Crippen MR) is 60.7 cm³/mol. The lowest BCUT2D eigenvalue weighted by Gasteiger charge is -2.28. The van der Waals surface area contributed by atoms with Gasteiger partial charge in [-0.2, -0.15) is 0 Å². The maximum Gasteiger partial charge on any atom is 0.0994 e. The van der Waals surface area contributed by atoms with Crippen LogP contribution in [0.15, 0.2) is 6.07 Å². The molecule has 13 heavy (non-hydrogen) atoms. The van der Waals surface area contributed by atoms with Crippen molar-refractivity contribution in [2.45, 2.75) is 26.3 Å². The molecule has 0 aromatic carbocycles. The van der Waals surface area contributed by atoms with Gasteiger partial charge in [-0.1, -0.05) is 37.0 Å². The van der Waals surface area contributed by atoms with Gasteiger partial charge < -0.3 is 5.73 Å². The zero-order valence-electron chi connectivity index (χ0n) is 7.90. The summed E-state index contributed by atoms with van der Waals surface area (Å²) in [5.41, 5.74) is 6.70. The van der Waals surface area contributed by atoms with E-state index in [2.05, 4.69) is 13.8 Å². The molecule has 2 N–H and O–H groups in total. The third kappa shape index (κ3) is 2.18. The number of thiophene rings is 1. The van der Waals surface area contributed by atoms with Gasteiger partial charge in [0.1, 0.15) is 0 Å². The van der Waals surface area contributed by atoms with Gasteiger partial charge in [-0.3, -0.25) is 0 Å². The third-order valence-electron chi connectivity index (χ3n) is 2.44. The summed E-state index contributed by atoms with van der Waals surface area (Å²) in [5, 5.41) is 0. The van der Waals surface area contributed by atoms with Crippen molar-refractivity contribution in [1.29, 1.82) is 0 Å². The largest absolute Gasteiger partial charge is 0.321 e. The predicted octanol–water partition coefficient (Wildman–Crippen LogP) is 3.88. The minimum atomic E-state index is -0.402. The number of hydrogen-bond acceptors (Lipinski definition) is 2. The Kier molecular flexibility index (Phi) is 3.29. The van der Waals surface area contributed by atoms with Crippen LogP contribution in [0.4, 0.5) is 0 Å². The van der Waals surface area contributed by atoms with Crippen LogP contribution in [0.25, 0.3) is 0 Å². The molecule has 0 fully saturated rings. The highest BCUT2D eigenvalue weighted by molar-refractivity contribution is 7.20. The summed E-state index contributed by atoms with van der Waals surface area (Å²) in [6.07, 6.45) is 0. The molecule has 0 spiro atoms. The molecular weight excluding hydrogens is 225 g/mol. The molecule has 0 aliphatic heterocycles. The van der Waals surface area contributed by atoms with Crippen LogP contribution >= 0.6 is 34.5 Å². The first-order chi connectivity index (χ1) is 5.85. The van der Waals surface area contributed by atoms with Gasteiger partial charge >= 0.3 is 0 Å². The molecule has 0 bridgehead atoms. The quantitative estimate of drug-likeness (QED) is 0.831. The molecule has 4 heteroatoms. The van der Waals surface area contributed by atoms with E-state index in [9.17, 15) is 0 Å². The smallest absolute Gasteiger partial charge is 0.0994 e. The van der Waals surface area contributed by atoms with E-state index in [0.29, 0.717) is 14.6 Å². The van der Waals surface area contributed by atoms with Crippen molar-refractivity contribution in [3.05, 3.63) is 20.3 Å². The Labute approximate surface area is 92.8 Å². The minimum absolute atomic E-state index is 0.329. The van der Waals surface area contributed by atoms with Crippen LogP contribution < -0.4 is 5.73 Å². The molecule has 0 radical (unpaired) electrons. The Bertz CT molecular complexity index is 305. The van der Waals surface area contributed by atoms with Crippen LogP contribution in [0.5, 0.6) is 0 Å². The highest BCUT2D eigenvalue weighted by Crippen LogP contribution is 2.39. The van der Waals surface area contributed by atoms with Crippen molar-refractivity contribution in [1.82, 2.24) is 0 Å². The number of rotatable bonds is 2. The van der Waals surface area contributed by atoms with E-state index in [1.807, 2.05) is 13.0 Å². The molecule has 0 saturated carbocycles. The van der Waals surface area contributed by atoms with Crippen molar-refractivity contribution in [3.8, 4) is 0 Å². The summed E-state index contributed by atoms with van der Waals surface area (Å²) in [6, 6.07) is 1.86. The lowest BCUT2D eigenvalue weighted by atomic mass is 9.84. The standard InChI is InChI=1S/C9H13Cl2NS/c1-5(2)9(3,12)6-4-7(10)13-8(6)11/h4-5H,12H2,1-3H3/t9-/m0/s1. The maximum atomic E-state index is 6.16. The molecule has 1 aromatic heterocycles. The molecule has 1 nitrogen and oxygen atoms in total. The van der Waals surface area contributed by atoms with Crippen LogP contribution in [0.2, 0.25) is 8.67 Å². The average Bonchev–Trinajstić information content (AvgIpc) is 2.30. The first-order valence-electron chi connectivity index (χ1n) is 4.10. The van der Waals surface area contributed by atoms with Crippen LogP contribution in [-0.2, 0) is 5.54 Å². The monoisotopic (exact) mass is 237 g/mol. The normalized spacial score (nSPS) is 16.2. The fraction of sp³-hybridized carbons (Fsp3) is 0.556. The van der Waals surface area contributed by atoms with Gasteiger partial charge in [0, 0.05) is 11.1 Å². The number of halogens is 2. The number of hydrogen-bond donors (Lipinski definition) is 1. The van der Waals surface area contributed by atoms with Crippen LogP contribution in [0, 0.1) is 5.92 Å². The van der Waals surface area contributed by atoms with E-state index in [4.69, 9.17) is 28.9 Å². The topological polar surface area (TPSA) is 26.0 Å². The summed E-state index contributed by atoms with van der Waals surface area (Å²) < 4.78 is 1.39. The summed E-state index contributed by atoms with van der Waals surface area (Å²) in [6.45, 7) is 6.12. The zero-order valence-corrected chi connectivity index (χ0v) is 10.2. The highest BCUT2D eigenvalue weighted by Gasteiger charge is 2.29. The molecule has 1 rings (SSSR count). The van der Waals surface area contributed by atoms with E-state index in [1.165, 1.54) is 11.3 Å². The second-order valence-electron chi connectivity index (χ2n) is 3.68. The Hall–Kier alpha value is 0.240. The Balaban J connectivity index is 3.13. The minimum Gasteiger partial charge on any atom is -0.321 e. The van der Waals surface area contributed by atoms with Crippen molar-refractivity contribution in [2.24, 2.45) is 11.7 Å². The van der Waals surface area contributed by atoms with Gasteiger partial charge in [-0.05, 0) is 18.9 Å². The lowest BCUT2D eigenvalue weighted by Crippen LogP contribution is -2.38. The van der Waals surface area contributed by atoms with E-state index < -0.39 is 5.54 Å². The van der Waals surface area contributed by atoms with E-state index in [1.54, 1.807) is 0 Å². The second-order valence-corrected chi connectivity index (χ2v) is 5.96. The molecule has 0 saturated heterocycles. The molecule has 0 amide bonds. The Morgan fingerprint density at radius 3 is 2.31 bits per heavy atom. The van der Waals surface area contributed by atoms with Crippen molar-refractivity contribution >= 4 is 34.5 Å². The molecule has 1 heterocycles. The summed E-state index contributed by atoms with van der Waals surface area (Å²) in [7, 11) is 0. The molecule has 0 aliphatic rings. The van der Waals surface area contributed by atoms with Gasteiger partial charge in [0.15, 0.2) is 0 Å². The third-order valence-corrected chi connectivity index (χ3v) is 3.92. The zero-order chi connectivity index (χ0) is 10.2. The van der Waals surface area contributed by atoms with Gasteiger partial charge in [0.05, 0.1) is 8.67 Å². The van der Waals surface area contributed by atoms with Crippen LogP contribution in [0.3, 0.4) is 0 Å². The van der Waals surface area contributed by atoms with Gasteiger partial charge in [0.2, 0.25) is 0 Å². The van der Waals surface area contributed by atoms with Crippen molar-refractivity contribution in [2.75, 3.05) is 0 Å². The van der Waals surface area contributed by atoms with Gasteiger partial charge in [-0.15, -0.1) is 11.3 Å². The molecule has 74 valence electrons. The Morgan fingerprint density at radius 2 is 2.00 bits per heavy atom. The first kappa shape index (κ1) is 11.3. The summed E-state index contributed by atoms with van der Waals surface area (Å²) in [5.74, 6) is 0.329. The average molecular weight is 238 g/mol. The Morgan fingerprint density at radius 1 is 1.46 bits per heavy atom. The SMILES string of the molecule is CC(C)[C@](C)(N)c1cc(Cl)sc1Cl. The fourth-order valence-corrected chi connectivity index (χ4v) is 2.72. The molecule has 1 atom stereocenters. The van der Waals surface area contributed by atoms with Crippen LogP contribution in [-0.4, -0.2) is 0 Å². The fourth-order valence-electron chi connectivity index (χ4n) is 1.02. The second kappa shape index (κ2) is 3.77. The lowest BCUT2D eigenvalue weighted by molar-refractivity contribution is 0.352. The van der Waals surface area contributed by atoms with E-state index in [0.717, 1.165) is 5.56 Å². The first-order valence-corrected chi connectivity index (χ1v) is 5.67. The molecule has 1 aromatic rings. The van der Waals surface area contributed by atoms with Crippen molar-refractivity contribution < 1.29 is 0 Å². The van der Waals surface area contributed by atoms with E-state index in [-0.39, 0.29) is 0 Å². The van der Waals surface area contributed by atoms with E-state index >= 15 is 0 Å². The highest BCUT2D eigenvalue weighted by atomic mass is 35.5. The molecule has 0 unspecified atom stereocenters. The summed E-state index contributed by atoms with van der Waals surface area (Å²) >= 11 is 13.2. The molecular formula is C9H13Cl2NS. The van der Waals surface area contributed by atoms with Crippen LogP contribution in [0.1, 0.15) is 26.3 Å². The number of nitrogens with two attached hydrogens (primary N) is 1. The summed E-state index contributed by atoms with van der Waals surface area (Å²) in [4.78, 5) is 0. The molecule has 0 aliphatic carbocycles. The van der Waals surface area contributed by atoms with Gasteiger partial charge in [-0.25, -0.2) is 0 Å². The van der Waals surface area contributed by atoms with Gasteiger partial charge in [0.25, 0.3) is 0 Å².